The Morgan fingerprint density at radius 2 is 1.81 bits per heavy atom. The normalized spacial score (nSPS) is 17.1. The van der Waals surface area contributed by atoms with Crippen LogP contribution in [0.4, 0.5) is 0 Å². The minimum absolute atomic E-state index is 0.0409. The highest BCUT2D eigenvalue weighted by Gasteiger charge is 2.36. The quantitative estimate of drug-likeness (QED) is 0.927. The number of carbonyl (C=O) groups is 1. The van der Waals surface area contributed by atoms with E-state index in [4.69, 9.17) is 0 Å². The smallest absolute Gasteiger partial charge is 0.255 e. The van der Waals surface area contributed by atoms with Crippen molar-refractivity contribution in [1.29, 1.82) is 0 Å². The van der Waals surface area contributed by atoms with Crippen molar-refractivity contribution in [3.63, 3.8) is 0 Å². The molecule has 0 saturated heterocycles. The second-order valence-electron chi connectivity index (χ2n) is 5.43. The summed E-state index contributed by atoms with van der Waals surface area (Å²) in [6.45, 7) is 2.89. The van der Waals surface area contributed by atoms with Crippen LogP contribution in [0.25, 0.3) is 0 Å². The predicted molar refractivity (Wildman–Crippen MR) is 82.3 cm³/mol. The van der Waals surface area contributed by atoms with Crippen molar-refractivity contribution in [2.75, 3.05) is 6.54 Å². The van der Waals surface area contributed by atoms with Crippen molar-refractivity contribution in [3.8, 4) is 5.75 Å². The Balaban J connectivity index is 2.04. The maximum absolute atomic E-state index is 12.6. The highest BCUT2D eigenvalue weighted by molar-refractivity contribution is 5.99. The van der Waals surface area contributed by atoms with Crippen LogP contribution in [0.3, 0.4) is 0 Å². The zero-order valence-electron chi connectivity index (χ0n) is 12.1. The third-order valence-corrected chi connectivity index (χ3v) is 4.02. The average Bonchev–Trinajstić information content (AvgIpc) is 2.79. The summed E-state index contributed by atoms with van der Waals surface area (Å²) < 4.78 is 0. The first-order valence-electron chi connectivity index (χ1n) is 7.41. The van der Waals surface area contributed by atoms with Crippen molar-refractivity contribution in [2.24, 2.45) is 0 Å². The van der Waals surface area contributed by atoms with Gasteiger partial charge in [-0.2, -0.15) is 0 Å². The van der Waals surface area contributed by atoms with Crippen molar-refractivity contribution in [1.82, 2.24) is 4.90 Å². The van der Waals surface area contributed by atoms with Crippen LogP contribution in [0, 0.1) is 0 Å². The van der Waals surface area contributed by atoms with Crippen LogP contribution in [0.1, 0.15) is 47.3 Å². The average molecular weight is 281 g/mol. The monoisotopic (exact) mass is 281 g/mol. The number of amides is 1. The third kappa shape index (κ3) is 2.40. The molecule has 3 nitrogen and oxygen atoms in total. The van der Waals surface area contributed by atoms with E-state index in [1.165, 1.54) is 0 Å². The SMILES string of the molecule is CCCCN1C(=O)c2ccccc2[C@@H]1c1ccc(O)cc1. The standard InChI is InChI=1S/C18H19NO2/c1-2-3-12-19-17(13-8-10-14(20)11-9-13)15-6-4-5-7-16(15)18(19)21/h4-11,17,20H,2-3,12H2,1H3/t17-/m0/s1. The first kappa shape index (κ1) is 13.7. The molecule has 0 radical (unpaired) electrons. The molecule has 3 heteroatoms. The largest absolute Gasteiger partial charge is 0.508 e. The summed E-state index contributed by atoms with van der Waals surface area (Å²) in [5.74, 6) is 0.355. The van der Waals surface area contributed by atoms with E-state index in [1.807, 2.05) is 41.3 Å². The molecule has 3 rings (SSSR count). The minimum atomic E-state index is -0.0409. The number of carbonyl (C=O) groups excluding carboxylic acids is 1. The molecule has 1 atom stereocenters. The van der Waals surface area contributed by atoms with Gasteiger partial charge in [0.2, 0.25) is 0 Å². The lowest BCUT2D eigenvalue weighted by Gasteiger charge is -2.25. The van der Waals surface area contributed by atoms with E-state index in [1.54, 1.807) is 12.1 Å². The molecule has 0 aromatic heterocycles. The van der Waals surface area contributed by atoms with Gasteiger partial charge in [0.05, 0.1) is 6.04 Å². The molecule has 2 aromatic carbocycles. The molecule has 0 spiro atoms. The minimum Gasteiger partial charge on any atom is -0.508 e. The molecule has 1 heterocycles. The molecular weight excluding hydrogens is 262 g/mol. The van der Waals surface area contributed by atoms with Crippen molar-refractivity contribution in [2.45, 2.75) is 25.8 Å². The van der Waals surface area contributed by atoms with Gasteiger partial charge in [-0.05, 0) is 35.7 Å². The van der Waals surface area contributed by atoms with Crippen LogP contribution in [0.15, 0.2) is 48.5 Å². The van der Waals surface area contributed by atoms with Crippen LogP contribution in [-0.4, -0.2) is 22.5 Å². The summed E-state index contributed by atoms with van der Waals surface area (Å²) in [4.78, 5) is 14.6. The van der Waals surface area contributed by atoms with E-state index < -0.39 is 0 Å². The molecule has 108 valence electrons. The Kier molecular flexibility index (Phi) is 3.65. The third-order valence-electron chi connectivity index (χ3n) is 4.02. The van der Waals surface area contributed by atoms with Gasteiger partial charge in [0.25, 0.3) is 5.91 Å². The number of phenolic OH excluding ortho intramolecular Hbond substituents is 1. The lowest BCUT2D eigenvalue weighted by molar-refractivity contribution is 0.0747. The van der Waals surface area contributed by atoms with Gasteiger partial charge in [-0.25, -0.2) is 0 Å². The summed E-state index contributed by atoms with van der Waals surface area (Å²) in [5.41, 5.74) is 2.90. The summed E-state index contributed by atoms with van der Waals surface area (Å²) in [5, 5.41) is 9.47. The molecule has 1 amide bonds. The van der Waals surface area contributed by atoms with Crippen LogP contribution in [0.2, 0.25) is 0 Å². The van der Waals surface area contributed by atoms with Crippen LogP contribution in [0.5, 0.6) is 5.75 Å². The highest BCUT2D eigenvalue weighted by Crippen LogP contribution is 2.38. The lowest BCUT2D eigenvalue weighted by atomic mass is 9.98. The Morgan fingerprint density at radius 3 is 2.52 bits per heavy atom. The van der Waals surface area contributed by atoms with Crippen molar-refractivity contribution < 1.29 is 9.90 Å². The Bertz CT molecular complexity index is 649. The van der Waals surface area contributed by atoms with E-state index >= 15 is 0 Å². The van der Waals surface area contributed by atoms with Gasteiger partial charge in [0, 0.05) is 12.1 Å². The zero-order chi connectivity index (χ0) is 14.8. The van der Waals surface area contributed by atoms with Gasteiger partial charge in [-0.1, -0.05) is 43.7 Å². The number of rotatable bonds is 4. The van der Waals surface area contributed by atoms with Gasteiger partial charge in [-0.15, -0.1) is 0 Å². The van der Waals surface area contributed by atoms with E-state index in [0.29, 0.717) is 0 Å². The van der Waals surface area contributed by atoms with Gasteiger partial charge >= 0.3 is 0 Å². The molecule has 2 aromatic rings. The topological polar surface area (TPSA) is 40.5 Å². The number of hydrogen-bond donors (Lipinski definition) is 1. The first-order valence-corrected chi connectivity index (χ1v) is 7.41. The number of phenols is 1. The van der Waals surface area contributed by atoms with Gasteiger partial charge < -0.3 is 10.0 Å². The van der Waals surface area contributed by atoms with Crippen LogP contribution >= 0.6 is 0 Å². The number of fused-ring (bicyclic) bond motifs is 1. The van der Waals surface area contributed by atoms with Crippen molar-refractivity contribution in [3.05, 3.63) is 65.2 Å². The fraction of sp³-hybridized carbons (Fsp3) is 0.278. The number of aromatic hydroxyl groups is 1. The van der Waals surface area contributed by atoms with Gasteiger partial charge in [0.15, 0.2) is 0 Å². The van der Waals surface area contributed by atoms with Crippen molar-refractivity contribution >= 4 is 5.91 Å². The number of nitrogens with zero attached hydrogens (tertiary/aromatic N) is 1. The Labute approximate surface area is 124 Å². The summed E-state index contributed by atoms with van der Waals surface area (Å²) in [6.07, 6.45) is 2.05. The van der Waals surface area contributed by atoms with E-state index in [2.05, 4.69) is 6.92 Å². The highest BCUT2D eigenvalue weighted by atomic mass is 16.3. The number of unbranched alkanes of at least 4 members (excludes halogenated alkanes) is 1. The molecule has 0 unspecified atom stereocenters. The number of benzene rings is 2. The van der Waals surface area contributed by atoms with E-state index in [-0.39, 0.29) is 17.7 Å². The van der Waals surface area contributed by atoms with Crippen LogP contribution < -0.4 is 0 Å². The van der Waals surface area contributed by atoms with Gasteiger partial charge in [-0.3, -0.25) is 4.79 Å². The van der Waals surface area contributed by atoms with E-state index in [0.717, 1.165) is 36.1 Å². The zero-order valence-corrected chi connectivity index (χ0v) is 12.1. The molecule has 0 aliphatic carbocycles. The summed E-state index contributed by atoms with van der Waals surface area (Å²) in [7, 11) is 0. The number of hydrogen-bond acceptors (Lipinski definition) is 2. The second-order valence-corrected chi connectivity index (χ2v) is 5.43. The Hall–Kier alpha value is -2.29. The molecule has 1 N–H and O–H groups in total. The van der Waals surface area contributed by atoms with E-state index in [9.17, 15) is 9.90 Å². The molecule has 0 bridgehead atoms. The molecular formula is C18H19NO2. The maximum atomic E-state index is 12.6. The van der Waals surface area contributed by atoms with Gasteiger partial charge in [0.1, 0.15) is 5.75 Å². The Morgan fingerprint density at radius 1 is 1.10 bits per heavy atom. The fourth-order valence-corrected chi connectivity index (χ4v) is 2.95. The predicted octanol–water partition coefficient (Wildman–Crippen LogP) is 3.74. The fourth-order valence-electron chi connectivity index (χ4n) is 2.95. The lowest BCUT2D eigenvalue weighted by Crippen LogP contribution is -2.29. The molecule has 21 heavy (non-hydrogen) atoms. The molecule has 1 aliphatic heterocycles. The molecule has 1 aliphatic rings. The summed E-state index contributed by atoms with van der Waals surface area (Å²) in [6, 6.07) is 14.9. The van der Waals surface area contributed by atoms with Crippen LogP contribution in [-0.2, 0) is 0 Å². The first-order chi connectivity index (χ1) is 10.2. The maximum Gasteiger partial charge on any atom is 0.255 e. The summed E-state index contributed by atoms with van der Waals surface area (Å²) >= 11 is 0. The second kappa shape index (κ2) is 5.60. The molecule has 0 saturated carbocycles. The molecule has 0 fully saturated rings.